The molecule has 10 heavy (non-hydrogen) atoms. The lowest BCUT2D eigenvalue weighted by molar-refractivity contribution is 0.880. The predicted molar refractivity (Wildman–Crippen MR) is 41.5 cm³/mol. The van der Waals surface area contributed by atoms with Gasteiger partial charge in [-0.3, -0.25) is 0 Å². The average Bonchev–Trinajstić information content (AvgIpc) is 2.41. The molecule has 0 spiro atoms. The first-order valence-corrected chi connectivity index (χ1v) is 4.74. The molecule has 0 aliphatic heterocycles. The Hall–Kier alpha value is -0.643. The number of aromatic amines is 1. The molecule has 1 aromatic heterocycles. The van der Waals surface area contributed by atoms with Gasteiger partial charge in [-0.15, -0.1) is 0 Å². The Kier molecular flexibility index (Phi) is 3.15. The summed E-state index contributed by atoms with van der Waals surface area (Å²) in [5.74, 6) is 0. The summed E-state index contributed by atoms with van der Waals surface area (Å²) < 4.78 is 0. The minimum Gasteiger partial charge on any atom is -0.198 e. The molecular weight excluding hydrogens is 142 g/mol. The first kappa shape index (κ1) is 7.46. The third-order valence-electron chi connectivity index (χ3n) is 1.25. The number of nitrogens with one attached hydrogen (secondary N) is 1. The molecule has 0 bridgehead atoms. The molecule has 3 nitrogen and oxygen atoms in total. The van der Waals surface area contributed by atoms with E-state index in [9.17, 15) is 0 Å². The normalized spacial score (nSPS) is 10.1. The van der Waals surface area contributed by atoms with Crippen molar-refractivity contribution >= 4 is 14.8 Å². The van der Waals surface area contributed by atoms with Crippen molar-refractivity contribution < 1.29 is 0 Å². The number of hydrogen-bond donors (Lipinski definition) is 1. The highest BCUT2D eigenvalue weighted by Crippen LogP contribution is 1.91. The second-order valence-electron chi connectivity index (χ2n) is 2.14. The zero-order valence-electron chi connectivity index (χ0n) is 6.09. The fourth-order valence-electron chi connectivity index (χ4n) is 0.680. The number of aromatic nitrogens is 3. The Bertz CT molecular complexity index is 162. The summed E-state index contributed by atoms with van der Waals surface area (Å²) in [5, 5.41) is 11.4. The number of H-pyrrole nitrogens is 1. The largest absolute Gasteiger partial charge is 0.198 e. The van der Waals surface area contributed by atoms with Crippen molar-refractivity contribution in [1.82, 2.24) is 15.4 Å². The van der Waals surface area contributed by atoms with Crippen LogP contribution in [0, 0.1) is 0 Å². The summed E-state index contributed by atoms with van der Waals surface area (Å²) in [6.45, 7) is 2.20. The van der Waals surface area contributed by atoms with Gasteiger partial charge in [0.15, 0.2) is 0 Å². The molecule has 1 heterocycles. The molecule has 0 atom stereocenters. The lowest BCUT2D eigenvalue weighted by Crippen LogP contribution is -2.14. The van der Waals surface area contributed by atoms with Gasteiger partial charge in [0.2, 0.25) is 0 Å². The van der Waals surface area contributed by atoms with Gasteiger partial charge in [0.25, 0.3) is 0 Å². The standard InChI is InChI=1S/C6H11N3Si/c1-2-3-4-10-6-5-7-9-8-6/h5H,2-4H2,1H3,(H,7,8,9). The topological polar surface area (TPSA) is 41.6 Å². The Morgan fingerprint density at radius 3 is 3.20 bits per heavy atom. The Balaban J connectivity index is 2.15. The molecule has 2 radical (unpaired) electrons. The van der Waals surface area contributed by atoms with Crippen LogP contribution in [-0.4, -0.2) is 24.9 Å². The van der Waals surface area contributed by atoms with Gasteiger partial charge in [-0.25, -0.2) is 0 Å². The molecule has 0 fully saturated rings. The van der Waals surface area contributed by atoms with Crippen LogP contribution in [-0.2, 0) is 0 Å². The van der Waals surface area contributed by atoms with E-state index in [2.05, 4.69) is 22.3 Å². The number of rotatable bonds is 4. The Morgan fingerprint density at radius 2 is 2.60 bits per heavy atom. The summed E-state index contributed by atoms with van der Waals surface area (Å²) in [6.07, 6.45) is 4.37. The Labute approximate surface area is 63.1 Å². The van der Waals surface area contributed by atoms with Crippen LogP contribution in [0.5, 0.6) is 0 Å². The third-order valence-corrected chi connectivity index (χ3v) is 2.46. The van der Waals surface area contributed by atoms with Crippen molar-refractivity contribution in [2.75, 3.05) is 0 Å². The third kappa shape index (κ3) is 2.30. The quantitative estimate of drug-likeness (QED) is 0.501. The number of hydrogen-bond acceptors (Lipinski definition) is 2. The molecule has 0 aliphatic carbocycles. The van der Waals surface area contributed by atoms with E-state index in [1.807, 2.05) is 0 Å². The number of nitrogens with zero attached hydrogens (tertiary/aromatic N) is 2. The van der Waals surface area contributed by atoms with Gasteiger partial charge in [0.05, 0.1) is 11.5 Å². The lowest BCUT2D eigenvalue weighted by Gasteiger charge is -1.90. The maximum atomic E-state index is 3.96. The highest BCUT2D eigenvalue weighted by atomic mass is 28.2. The van der Waals surface area contributed by atoms with Crippen molar-refractivity contribution in [3.05, 3.63) is 6.20 Å². The van der Waals surface area contributed by atoms with Crippen LogP contribution in [0.15, 0.2) is 6.20 Å². The molecule has 0 aromatic carbocycles. The second kappa shape index (κ2) is 4.22. The van der Waals surface area contributed by atoms with Gasteiger partial charge in [-0.2, -0.15) is 15.4 Å². The number of unbranched alkanes of at least 4 members (excludes halogenated alkanes) is 1. The first-order valence-electron chi connectivity index (χ1n) is 3.53. The van der Waals surface area contributed by atoms with Crippen LogP contribution in [0.4, 0.5) is 0 Å². The average molecular weight is 153 g/mol. The minimum absolute atomic E-state index is 0.831. The zero-order chi connectivity index (χ0) is 7.23. The SMILES string of the molecule is CCCC[Si]c1cn[nH]n1. The van der Waals surface area contributed by atoms with Gasteiger partial charge in [-0.05, 0) is 0 Å². The van der Waals surface area contributed by atoms with Gasteiger partial charge in [0.1, 0.15) is 9.52 Å². The van der Waals surface area contributed by atoms with Crippen LogP contribution >= 0.6 is 0 Å². The van der Waals surface area contributed by atoms with E-state index in [4.69, 9.17) is 0 Å². The summed E-state index contributed by atoms with van der Waals surface area (Å²) in [7, 11) is 0.831. The van der Waals surface area contributed by atoms with E-state index < -0.39 is 0 Å². The van der Waals surface area contributed by atoms with E-state index in [1.54, 1.807) is 6.20 Å². The van der Waals surface area contributed by atoms with Crippen LogP contribution in [0.2, 0.25) is 6.04 Å². The van der Waals surface area contributed by atoms with Gasteiger partial charge in [-0.1, -0.05) is 25.8 Å². The molecule has 1 aromatic rings. The van der Waals surface area contributed by atoms with E-state index >= 15 is 0 Å². The zero-order valence-corrected chi connectivity index (χ0v) is 7.09. The lowest BCUT2D eigenvalue weighted by atomic mass is 10.4. The molecule has 0 aliphatic rings. The van der Waals surface area contributed by atoms with Gasteiger partial charge >= 0.3 is 0 Å². The van der Waals surface area contributed by atoms with Crippen molar-refractivity contribution in [3.63, 3.8) is 0 Å². The van der Waals surface area contributed by atoms with Crippen molar-refractivity contribution in [2.24, 2.45) is 0 Å². The maximum absolute atomic E-state index is 3.96. The van der Waals surface area contributed by atoms with E-state index in [0.29, 0.717) is 0 Å². The summed E-state index contributed by atoms with van der Waals surface area (Å²) in [4.78, 5) is 0. The molecule has 0 saturated carbocycles. The van der Waals surface area contributed by atoms with E-state index in [0.717, 1.165) is 14.8 Å². The molecule has 0 saturated heterocycles. The molecule has 54 valence electrons. The maximum Gasteiger partial charge on any atom is 0.112 e. The second-order valence-corrected chi connectivity index (χ2v) is 3.50. The van der Waals surface area contributed by atoms with Crippen LogP contribution in [0.3, 0.4) is 0 Å². The van der Waals surface area contributed by atoms with Crippen LogP contribution in [0.25, 0.3) is 0 Å². The highest BCUT2D eigenvalue weighted by molar-refractivity contribution is 6.52. The summed E-state index contributed by atoms with van der Waals surface area (Å²) in [6, 6.07) is 1.25. The van der Waals surface area contributed by atoms with Gasteiger partial charge < -0.3 is 0 Å². The summed E-state index contributed by atoms with van der Waals surface area (Å²) in [5.41, 5.74) is 0. The molecule has 1 N–H and O–H groups in total. The van der Waals surface area contributed by atoms with Crippen molar-refractivity contribution in [3.8, 4) is 0 Å². The molecule has 1 rings (SSSR count). The smallest absolute Gasteiger partial charge is 0.112 e. The van der Waals surface area contributed by atoms with Crippen LogP contribution in [0.1, 0.15) is 19.8 Å². The monoisotopic (exact) mass is 153 g/mol. The summed E-state index contributed by atoms with van der Waals surface area (Å²) >= 11 is 0. The van der Waals surface area contributed by atoms with Crippen LogP contribution < -0.4 is 5.32 Å². The van der Waals surface area contributed by atoms with Crippen molar-refractivity contribution in [2.45, 2.75) is 25.8 Å². The molecule has 4 heteroatoms. The molecule has 0 unspecified atom stereocenters. The fourth-order valence-corrected chi connectivity index (χ4v) is 1.75. The minimum atomic E-state index is 0.831. The first-order chi connectivity index (χ1) is 4.93. The predicted octanol–water partition coefficient (Wildman–Crippen LogP) is 0.353. The van der Waals surface area contributed by atoms with Crippen molar-refractivity contribution in [1.29, 1.82) is 0 Å². The van der Waals surface area contributed by atoms with E-state index in [-0.39, 0.29) is 0 Å². The fraction of sp³-hybridized carbons (Fsp3) is 0.667. The van der Waals surface area contributed by atoms with E-state index in [1.165, 1.54) is 18.9 Å². The van der Waals surface area contributed by atoms with Gasteiger partial charge in [0, 0.05) is 0 Å². The molecular formula is C6H11N3Si. The molecule has 0 amide bonds. The Morgan fingerprint density at radius 1 is 1.70 bits per heavy atom. The highest BCUT2D eigenvalue weighted by Gasteiger charge is 1.95.